The van der Waals surface area contributed by atoms with Gasteiger partial charge in [0.25, 0.3) is 0 Å². The first-order chi connectivity index (χ1) is 13.5. The SMILES string of the molecule is CNC(=O)/C=C/c1cc(O)c(-c2ccc(N(C)C3CCCCC3)nn2)cc1F. The van der Waals surface area contributed by atoms with E-state index in [4.69, 9.17) is 0 Å². The molecule has 1 aromatic carbocycles. The van der Waals surface area contributed by atoms with Crippen molar-refractivity contribution in [3.63, 3.8) is 0 Å². The van der Waals surface area contributed by atoms with Crippen LogP contribution in [-0.4, -0.2) is 41.3 Å². The van der Waals surface area contributed by atoms with Gasteiger partial charge >= 0.3 is 0 Å². The number of hydrogen-bond donors (Lipinski definition) is 2. The van der Waals surface area contributed by atoms with Crippen molar-refractivity contribution in [3.05, 3.63) is 41.7 Å². The van der Waals surface area contributed by atoms with E-state index in [1.807, 2.05) is 13.1 Å². The number of anilines is 1. The van der Waals surface area contributed by atoms with E-state index >= 15 is 0 Å². The maximum Gasteiger partial charge on any atom is 0.243 e. The molecule has 0 bridgehead atoms. The Balaban J connectivity index is 1.80. The number of benzene rings is 1. The molecule has 2 N–H and O–H groups in total. The minimum absolute atomic E-state index is 0.117. The number of likely N-dealkylation sites (N-methyl/N-ethyl adjacent to an activating group) is 1. The Bertz CT molecular complexity index is 861. The minimum atomic E-state index is -0.557. The molecule has 1 fully saturated rings. The van der Waals surface area contributed by atoms with Gasteiger partial charge in [0, 0.05) is 37.3 Å². The van der Waals surface area contributed by atoms with Gasteiger partial charge in [-0.1, -0.05) is 19.3 Å². The van der Waals surface area contributed by atoms with Gasteiger partial charge in [0.1, 0.15) is 11.6 Å². The number of aromatic nitrogens is 2. The third-order valence-corrected chi connectivity index (χ3v) is 5.19. The number of phenols is 1. The Kier molecular flexibility index (Phi) is 6.23. The largest absolute Gasteiger partial charge is 0.507 e. The van der Waals surface area contributed by atoms with Crippen LogP contribution in [0.1, 0.15) is 37.7 Å². The molecule has 1 aliphatic rings. The van der Waals surface area contributed by atoms with E-state index in [1.54, 1.807) is 6.07 Å². The van der Waals surface area contributed by atoms with Crippen molar-refractivity contribution in [1.82, 2.24) is 15.5 Å². The van der Waals surface area contributed by atoms with Crippen LogP contribution in [0.15, 0.2) is 30.3 Å². The molecular formula is C21H25FN4O2. The number of phenolic OH excluding ortho intramolecular Hbond substituents is 1. The van der Waals surface area contributed by atoms with Crippen LogP contribution in [0.5, 0.6) is 5.75 Å². The second kappa shape index (κ2) is 8.82. The molecule has 3 rings (SSSR count). The van der Waals surface area contributed by atoms with Crippen molar-refractivity contribution in [2.24, 2.45) is 0 Å². The summed E-state index contributed by atoms with van der Waals surface area (Å²) in [6.45, 7) is 0. The van der Waals surface area contributed by atoms with Crippen molar-refractivity contribution in [3.8, 4) is 17.0 Å². The molecule has 2 aromatic rings. The lowest BCUT2D eigenvalue weighted by Gasteiger charge is -2.31. The quantitative estimate of drug-likeness (QED) is 0.772. The number of hydrogen-bond acceptors (Lipinski definition) is 5. The lowest BCUT2D eigenvalue weighted by Crippen LogP contribution is -2.34. The van der Waals surface area contributed by atoms with E-state index in [0.29, 0.717) is 11.7 Å². The van der Waals surface area contributed by atoms with Crippen LogP contribution in [0.25, 0.3) is 17.3 Å². The summed E-state index contributed by atoms with van der Waals surface area (Å²) in [4.78, 5) is 13.4. The van der Waals surface area contributed by atoms with Crippen molar-refractivity contribution in [2.75, 3.05) is 19.0 Å². The topological polar surface area (TPSA) is 78.4 Å². The van der Waals surface area contributed by atoms with E-state index < -0.39 is 5.82 Å². The number of rotatable bonds is 5. The normalized spacial score (nSPS) is 15.0. The maximum atomic E-state index is 14.4. The van der Waals surface area contributed by atoms with Crippen LogP contribution in [-0.2, 0) is 4.79 Å². The first-order valence-electron chi connectivity index (χ1n) is 9.49. The van der Waals surface area contributed by atoms with E-state index in [-0.39, 0.29) is 22.8 Å². The summed E-state index contributed by atoms with van der Waals surface area (Å²) in [6, 6.07) is 6.51. The van der Waals surface area contributed by atoms with Gasteiger partial charge in [-0.05, 0) is 43.2 Å². The van der Waals surface area contributed by atoms with E-state index in [0.717, 1.165) is 18.7 Å². The standard InChI is InChI=1S/C21H25FN4O2/c1-23-21(28)11-8-14-12-19(27)16(13-17(14)22)18-9-10-20(25-24-18)26(2)15-6-4-3-5-7-15/h8-13,15,27H,3-7H2,1-2H3,(H,23,28)/b11-8+. The summed E-state index contributed by atoms with van der Waals surface area (Å²) in [5.74, 6) is -0.272. The zero-order chi connectivity index (χ0) is 20.1. The summed E-state index contributed by atoms with van der Waals surface area (Å²) in [7, 11) is 3.50. The highest BCUT2D eigenvalue weighted by Crippen LogP contribution is 2.32. The van der Waals surface area contributed by atoms with Crippen LogP contribution in [0, 0.1) is 5.82 Å². The van der Waals surface area contributed by atoms with Crippen molar-refractivity contribution in [2.45, 2.75) is 38.1 Å². The Morgan fingerprint density at radius 3 is 2.64 bits per heavy atom. The second-order valence-corrected chi connectivity index (χ2v) is 7.02. The molecule has 1 saturated carbocycles. The molecule has 6 nitrogen and oxygen atoms in total. The predicted octanol–water partition coefficient (Wildman–Crippen LogP) is 3.52. The van der Waals surface area contributed by atoms with Gasteiger partial charge < -0.3 is 15.3 Å². The van der Waals surface area contributed by atoms with Crippen LogP contribution in [0.4, 0.5) is 10.2 Å². The number of carbonyl (C=O) groups is 1. The van der Waals surface area contributed by atoms with Crippen LogP contribution in [0.3, 0.4) is 0 Å². The second-order valence-electron chi connectivity index (χ2n) is 7.02. The van der Waals surface area contributed by atoms with Gasteiger partial charge in [0.2, 0.25) is 5.91 Å². The Labute approximate surface area is 164 Å². The molecule has 1 heterocycles. The lowest BCUT2D eigenvalue weighted by atomic mass is 9.94. The van der Waals surface area contributed by atoms with Gasteiger partial charge in [-0.15, -0.1) is 10.2 Å². The molecular weight excluding hydrogens is 359 g/mol. The van der Waals surface area contributed by atoms with Crippen molar-refractivity contribution < 1.29 is 14.3 Å². The first kappa shape index (κ1) is 19.8. The number of aromatic hydroxyl groups is 1. The molecule has 148 valence electrons. The van der Waals surface area contributed by atoms with Crippen molar-refractivity contribution >= 4 is 17.8 Å². The van der Waals surface area contributed by atoms with Crippen LogP contribution >= 0.6 is 0 Å². The average Bonchev–Trinajstić information content (AvgIpc) is 2.74. The van der Waals surface area contributed by atoms with E-state index in [2.05, 4.69) is 20.4 Å². The zero-order valence-electron chi connectivity index (χ0n) is 16.2. The average molecular weight is 384 g/mol. The molecule has 0 aliphatic heterocycles. The molecule has 0 atom stereocenters. The van der Waals surface area contributed by atoms with Gasteiger partial charge in [0.05, 0.1) is 5.69 Å². The van der Waals surface area contributed by atoms with Gasteiger partial charge in [0.15, 0.2) is 5.82 Å². The number of carbonyl (C=O) groups excluding carboxylic acids is 1. The summed E-state index contributed by atoms with van der Waals surface area (Å²) in [5, 5.41) is 21.2. The Morgan fingerprint density at radius 1 is 1.25 bits per heavy atom. The highest BCUT2D eigenvalue weighted by atomic mass is 19.1. The monoisotopic (exact) mass is 384 g/mol. The van der Waals surface area contributed by atoms with Gasteiger partial charge in [-0.2, -0.15) is 0 Å². The van der Waals surface area contributed by atoms with E-state index in [1.165, 1.54) is 50.6 Å². The maximum absolute atomic E-state index is 14.4. The molecule has 0 radical (unpaired) electrons. The summed E-state index contributed by atoms with van der Waals surface area (Å²) in [6.07, 6.45) is 8.56. The predicted molar refractivity (Wildman–Crippen MR) is 107 cm³/mol. The summed E-state index contributed by atoms with van der Waals surface area (Å²) in [5.41, 5.74) is 0.763. The van der Waals surface area contributed by atoms with E-state index in [9.17, 15) is 14.3 Å². The molecule has 28 heavy (non-hydrogen) atoms. The fourth-order valence-corrected chi connectivity index (χ4v) is 3.47. The molecule has 0 spiro atoms. The van der Waals surface area contributed by atoms with Crippen molar-refractivity contribution in [1.29, 1.82) is 0 Å². The van der Waals surface area contributed by atoms with Crippen LogP contribution < -0.4 is 10.2 Å². The van der Waals surface area contributed by atoms with Gasteiger partial charge in [-0.3, -0.25) is 4.79 Å². The molecule has 1 aliphatic carbocycles. The number of amides is 1. The first-order valence-corrected chi connectivity index (χ1v) is 9.49. The highest BCUT2D eigenvalue weighted by molar-refractivity contribution is 5.91. The fraction of sp³-hybridized carbons (Fsp3) is 0.381. The number of nitrogens with one attached hydrogen (secondary N) is 1. The zero-order valence-corrected chi connectivity index (χ0v) is 16.2. The Morgan fingerprint density at radius 2 is 2.00 bits per heavy atom. The molecule has 0 unspecified atom stereocenters. The lowest BCUT2D eigenvalue weighted by molar-refractivity contribution is -0.115. The highest BCUT2D eigenvalue weighted by Gasteiger charge is 2.20. The third kappa shape index (κ3) is 4.47. The fourth-order valence-electron chi connectivity index (χ4n) is 3.47. The molecule has 1 amide bonds. The third-order valence-electron chi connectivity index (χ3n) is 5.19. The molecule has 0 saturated heterocycles. The van der Waals surface area contributed by atoms with Gasteiger partial charge in [-0.25, -0.2) is 4.39 Å². The minimum Gasteiger partial charge on any atom is -0.507 e. The Hall–Kier alpha value is -2.96. The number of nitrogens with zero attached hydrogens (tertiary/aromatic N) is 3. The number of halogens is 1. The van der Waals surface area contributed by atoms with Crippen LogP contribution in [0.2, 0.25) is 0 Å². The molecule has 1 aromatic heterocycles. The smallest absolute Gasteiger partial charge is 0.243 e. The summed E-state index contributed by atoms with van der Waals surface area (Å²) >= 11 is 0. The summed E-state index contributed by atoms with van der Waals surface area (Å²) < 4.78 is 14.4. The molecule has 7 heteroatoms.